The monoisotopic (exact) mass is 252 g/mol. The van der Waals surface area contributed by atoms with Crippen LogP contribution in [0.1, 0.15) is 20.3 Å². The summed E-state index contributed by atoms with van der Waals surface area (Å²) in [5, 5.41) is 2.37. The Balaban J connectivity index is 2.63. The quantitative estimate of drug-likeness (QED) is 0.909. The molecule has 1 heterocycles. The molecule has 0 atom stereocenters. The van der Waals surface area contributed by atoms with Crippen molar-refractivity contribution >= 4 is 22.7 Å². The van der Waals surface area contributed by atoms with Crippen molar-refractivity contribution in [2.75, 3.05) is 5.32 Å². The minimum absolute atomic E-state index is 0.0423. The lowest BCUT2D eigenvalue weighted by atomic mass is 10.2. The van der Waals surface area contributed by atoms with Gasteiger partial charge < -0.3 is 9.73 Å². The number of carbonyl (C=O) groups is 1. The van der Waals surface area contributed by atoms with Crippen LogP contribution in [0.4, 0.5) is 10.1 Å². The molecule has 0 spiro atoms. The van der Waals surface area contributed by atoms with E-state index in [9.17, 15) is 14.0 Å². The molecule has 0 fully saturated rings. The highest BCUT2D eigenvalue weighted by molar-refractivity contribution is 5.91. The number of oxazole rings is 1. The van der Waals surface area contributed by atoms with Crippen LogP contribution < -0.4 is 11.1 Å². The number of aryl methyl sites for hydroxylation is 1. The molecule has 1 aromatic carbocycles. The zero-order valence-electron chi connectivity index (χ0n) is 10.1. The van der Waals surface area contributed by atoms with Gasteiger partial charge in [0.1, 0.15) is 0 Å². The predicted octanol–water partition coefficient (Wildman–Crippen LogP) is 2.10. The Morgan fingerprint density at radius 3 is 2.83 bits per heavy atom. The number of halogens is 1. The van der Waals surface area contributed by atoms with Crippen LogP contribution in [-0.4, -0.2) is 10.5 Å². The number of carbonyl (C=O) groups excluding carboxylic acids is 1. The van der Waals surface area contributed by atoms with Crippen LogP contribution in [0, 0.1) is 5.82 Å². The number of nitrogens with zero attached hydrogens (tertiary/aromatic N) is 1. The molecule has 1 N–H and O–H groups in total. The number of hydrogen-bond acceptors (Lipinski definition) is 3. The van der Waals surface area contributed by atoms with E-state index < -0.39 is 11.6 Å². The van der Waals surface area contributed by atoms with Crippen LogP contribution in [0.15, 0.2) is 21.3 Å². The average Bonchev–Trinajstić information content (AvgIpc) is 2.56. The molecule has 1 aromatic heterocycles. The summed E-state index contributed by atoms with van der Waals surface area (Å²) in [5.41, 5.74) is 0.702. The molecule has 18 heavy (non-hydrogen) atoms. The first-order valence-electron chi connectivity index (χ1n) is 5.63. The van der Waals surface area contributed by atoms with Crippen molar-refractivity contribution in [3.05, 3.63) is 28.5 Å². The first-order chi connectivity index (χ1) is 8.52. The second-order valence-electron chi connectivity index (χ2n) is 4.00. The zero-order chi connectivity index (χ0) is 13.3. The Morgan fingerprint density at radius 2 is 2.22 bits per heavy atom. The Kier molecular flexibility index (Phi) is 3.18. The molecule has 5 nitrogen and oxygen atoms in total. The molecule has 0 saturated carbocycles. The number of amides is 1. The van der Waals surface area contributed by atoms with Gasteiger partial charge in [-0.3, -0.25) is 9.36 Å². The van der Waals surface area contributed by atoms with E-state index in [1.54, 1.807) is 0 Å². The topological polar surface area (TPSA) is 64.2 Å². The molecule has 2 aromatic rings. The van der Waals surface area contributed by atoms with Gasteiger partial charge in [-0.1, -0.05) is 6.92 Å². The van der Waals surface area contributed by atoms with Gasteiger partial charge in [0, 0.05) is 19.5 Å². The Labute approximate surface area is 102 Å². The van der Waals surface area contributed by atoms with Gasteiger partial charge >= 0.3 is 5.76 Å². The number of hydrogen-bond donors (Lipinski definition) is 1. The van der Waals surface area contributed by atoms with Crippen molar-refractivity contribution in [3.8, 4) is 0 Å². The number of anilines is 1. The SMILES string of the molecule is CCCn1c(=O)oc2cc(F)c(NC(C)=O)cc21. The molecule has 6 heteroatoms. The normalized spacial score (nSPS) is 10.8. The number of rotatable bonds is 3. The minimum Gasteiger partial charge on any atom is -0.408 e. The molecule has 2 rings (SSSR count). The van der Waals surface area contributed by atoms with Crippen molar-refractivity contribution in [2.24, 2.45) is 0 Å². The molecule has 0 aliphatic carbocycles. The maximum Gasteiger partial charge on any atom is 0.419 e. The van der Waals surface area contributed by atoms with Crippen LogP contribution in [0.3, 0.4) is 0 Å². The van der Waals surface area contributed by atoms with Crippen molar-refractivity contribution in [1.82, 2.24) is 4.57 Å². The van der Waals surface area contributed by atoms with Crippen LogP contribution in [-0.2, 0) is 11.3 Å². The molecular formula is C12H13FN2O3. The molecule has 1 amide bonds. The Morgan fingerprint density at radius 1 is 1.50 bits per heavy atom. The lowest BCUT2D eigenvalue weighted by Crippen LogP contribution is -2.14. The van der Waals surface area contributed by atoms with E-state index in [0.29, 0.717) is 12.1 Å². The van der Waals surface area contributed by atoms with Crippen molar-refractivity contribution < 1.29 is 13.6 Å². The molecule has 0 aliphatic rings. The fourth-order valence-electron chi connectivity index (χ4n) is 1.80. The van der Waals surface area contributed by atoms with Gasteiger partial charge in [-0.2, -0.15) is 0 Å². The standard InChI is InChI=1S/C12H13FN2O3/c1-3-4-15-10-6-9(14-7(2)16)8(13)5-11(10)18-12(15)17/h5-6H,3-4H2,1-2H3,(H,14,16). The fourth-order valence-corrected chi connectivity index (χ4v) is 1.80. The fraction of sp³-hybridized carbons (Fsp3) is 0.333. The largest absolute Gasteiger partial charge is 0.419 e. The van der Waals surface area contributed by atoms with Crippen molar-refractivity contribution in [1.29, 1.82) is 0 Å². The molecule has 96 valence electrons. The summed E-state index contributed by atoms with van der Waals surface area (Å²) in [4.78, 5) is 22.5. The van der Waals surface area contributed by atoms with Crippen LogP contribution in [0.2, 0.25) is 0 Å². The molecular weight excluding hydrogens is 239 g/mol. The first kappa shape index (κ1) is 12.3. The number of benzene rings is 1. The molecule has 0 aliphatic heterocycles. The van der Waals surface area contributed by atoms with Gasteiger partial charge in [0.15, 0.2) is 11.4 Å². The van der Waals surface area contributed by atoms with Gasteiger partial charge in [0.05, 0.1) is 11.2 Å². The smallest absolute Gasteiger partial charge is 0.408 e. The van der Waals surface area contributed by atoms with Crippen molar-refractivity contribution in [3.63, 3.8) is 0 Å². The molecule has 0 bridgehead atoms. The highest BCUT2D eigenvalue weighted by Gasteiger charge is 2.13. The molecule has 0 saturated heterocycles. The summed E-state index contributed by atoms with van der Waals surface area (Å²) in [6, 6.07) is 2.51. The third-order valence-corrected chi connectivity index (χ3v) is 2.51. The summed E-state index contributed by atoms with van der Waals surface area (Å²) in [5.74, 6) is -1.53. The summed E-state index contributed by atoms with van der Waals surface area (Å²) >= 11 is 0. The summed E-state index contributed by atoms with van der Waals surface area (Å²) in [6.45, 7) is 3.69. The van der Waals surface area contributed by atoms with Crippen molar-refractivity contribution in [2.45, 2.75) is 26.8 Å². The Hall–Kier alpha value is -2.11. The zero-order valence-corrected chi connectivity index (χ0v) is 10.1. The van der Waals surface area contributed by atoms with E-state index in [4.69, 9.17) is 4.42 Å². The number of fused-ring (bicyclic) bond motifs is 1. The second kappa shape index (κ2) is 4.64. The second-order valence-corrected chi connectivity index (χ2v) is 4.00. The van der Waals surface area contributed by atoms with Gasteiger partial charge in [0.25, 0.3) is 0 Å². The summed E-state index contributed by atoms with van der Waals surface area (Å²) in [7, 11) is 0. The van der Waals surface area contributed by atoms with Gasteiger partial charge in [0.2, 0.25) is 5.91 Å². The predicted molar refractivity (Wildman–Crippen MR) is 65.0 cm³/mol. The van der Waals surface area contributed by atoms with E-state index in [1.165, 1.54) is 17.6 Å². The van der Waals surface area contributed by atoms with Crippen LogP contribution in [0.5, 0.6) is 0 Å². The lowest BCUT2D eigenvalue weighted by molar-refractivity contribution is -0.114. The van der Waals surface area contributed by atoms with E-state index in [0.717, 1.165) is 12.5 Å². The third kappa shape index (κ3) is 2.13. The number of aromatic nitrogens is 1. The van der Waals surface area contributed by atoms with E-state index in [2.05, 4.69) is 5.32 Å². The first-order valence-corrected chi connectivity index (χ1v) is 5.63. The van der Waals surface area contributed by atoms with Gasteiger partial charge in [-0.25, -0.2) is 9.18 Å². The summed E-state index contributed by atoms with van der Waals surface area (Å²) < 4.78 is 20.0. The Bertz CT molecular complexity index is 657. The highest BCUT2D eigenvalue weighted by Crippen LogP contribution is 2.22. The number of nitrogens with one attached hydrogen (secondary N) is 1. The van der Waals surface area contributed by atoms with E-state index >= 15 is 0 Å². The maximum atomic E-state index is 13.6. The molecule has 0 unspecified atom stereocenters. The van der Waals surface area contributed by atoms with Gasteiger partial charge in [-0.05, 0) is 12.5 Å². The van der Waals surface area contributed by atoms with E-state index in [1.807, 2.05) is 6.92 Å². The minimum atomic E-state index is -0.630. The van der Waals surface area contributed by atoms with Crippen LogP contribution >= 0.6 is 0 Å². The molecule has 0 radical (unpaired) electrons. The van der Waals surface area contributed by atoms with Crippen LogP contribution in [0.25, 0.3) is 11.1 Å². The average molecular weight is 252 g/mol. The maximum absolute atomic E-state index is 13.6. The third-order valence-electron chi connectivity index (χ3n) is 2.51. The van der Waals surface area contributed by atoms with E-state index in [-0.39, 0.29) is 17.2 Å². The van der Waals surface area contributed by atoms with Gasteiger partial charge in [-0.15, -0.1) is 0 Å². The highest BCUT2D eigenvalue weighted by atomic mass is 19.1. The summed E-state index contributed by atoms with van der Waals surface area (Å²) in [6.07, 6.45) is 0.751. The lowest BCUT2D eigenvalue weighted by Gasteiger charge is -2.04.